The maximum absolute atomic E-state index is 12.6. The van der Waals surface area contributed by atoms with Crippen molar-refractivity contribution in [3.8, 4) is 11.5 Å². The van der Waals surface area contributed by atoms with Gasteiger partial charge in [0.2, 0.25) is 0 Å². The van der Waals surface area contributed by atoms with Crippen LogP contribution in [0.4, 0.5) is 11.5 Å². The molecular formula is C20H20N6O2. The fraction of sp³-hybridized carbons (Fsp3) is 0.150. The molecule has 0 saturated heterocycles. The zero-order valence-electron chi connectivity index (χ0n) is 15.8. The number of rotatable bonds is 4. The molecule has 3 aromatic heterocycles. The number of carbonyl (C=O) groups excluding carboxylic acids is 1. The Balaban J connectivity index is 1.57. The predicted molar refractivity (Wildman–Crippen MR) is 107 cm³/mol. The average Bonchev–Trinajstić information content (AvgIpc) is 3.17. The highest BCUT2D eigenvalue weighted by atomic mass is 16.5. The molecule has 0 fully saturated rings. The molecule has 142 valence electrons. The number of aromatic nitrogens is 4. The molecule has 3 N–H and O–H groups in total. The lowest BCUT2D eigenvalue weighted by Crippen LogP contribution is -2.16. The van der Waals surface area contributed by atoms with Gasteiger partial charge in [-0.1, -0.05) is 6.07 Å². The van der Waals surface area contributed by atoms with Gasteiger partial charge in [-0.25, -0.2) is 4.98 Å². The number of benzene rings is 1. The molecule has 0 radical (unpaired) electrons. The summed E-state index contributed by atoms with van der Waals surface area (Å²) >= 11 is 0. The van der Waals surface area contributed by atoms with E-state index in [0.717, 1.165) is 16.9 Å². The monoisotopic (exact) mass is 376 g/mol. The number of carbonyl (C=O) groups is 1. The third-order valence-corrected chi connectivity index (χ3v) is 4.37. The largest absolute Gasteiger partial charge is 0.456 e. The van der Waals surface area contributed by atoms with Crippen molar-refractivity contribution in [2.24, 2.45) is 7.05 Å². The smallest absolute Gasteiger partial charge is 0.273 e. The van der Waals surface area contributed by atoms with Gasteiger partial charge in [0.25, 0.3) is 5.91 Å². The van der Waals surface area contributed by atoms with E-state index in [1.165, 1.54) is 0 Å². The van der Waals surface area contributed by atoms with Gasteiger partial charge in [0.1, 0.15) is 28.7 Å². The summed E-state index contributed by atoms with van der Waals surface area (Å²) in [5.41, 5.74) is 9.35. The van der Waals surface area contributed by atoms with Crippen molar-refractivity contribution in [3.05, 3.63) is 65.7 Å². The van der Waals surface area contributed by atoms with E-state index >= 15 is 0 Å². The first kappa shape index (κ1) is 17.6. The molecule has 0 bridgehead atoms. The molecule has 28 heavy (non-hydrogen) atoms. The molecule has 1 aromatic carbocycles. The van der Waals surface area contributed by atoms with Crippen molar-refractivity contribution in [1.82, 2.24) is 19.2 Å². The fourth-order valence-electron chi connectivity index (χ4n) is 3.00. The summed E-state index contributed by atoms with van der Waals surface area (Å²) in [6, 6.07) is 10.9. The molecule has 0 saturated carbocycles. The number of nitrogens with one attached hydrogen (secondary N) is 1. The topological polar surface area (TPSA) is 99.5 Å². The summed E-state index contributed by atoms with van der Waals surface area (Å²) in [5, 5.41) is 7.14. The van der Waals surface area contributed by atoms with Crippen LogP contribution in [-0.2, 0) is 7.05 Å². The Morgan fingerprint density at radius 1 is 1.11 bits per heavy atom. The lowest BCUT2D eigenvalue weighted by molar-refractivity contribution is 0.101. The number of amides is 1. The lowest BCUT2D eigenvalue weighted by Gasteiger charge is -2.12. The van der Waals surface area contributed by atoms with Crippen molar-refractivity contribution in [1.29, 1.82) is 0 Å². The first-order valence-corrected chi connectivity index (χ1v) is 8.74. The SMILES string of the molecule is Cc1cc(C(=O)Nc2cc(Oc3ccc4nc(N)cn4c3)ccc2C)n(C)n1. The van der Waals surface area contributed by atoms with E-state index in [0.29, 0.717) is 28.7 Å². The molecule has 8 nitrogen and oxygen atoms in total. The summed E-state index contributed by atoms with van der Waals surface area (Å²) in [5.74, 6) is 1.46. The van der Waals surface area contributed by atoms with Gasteiger partial charge in [0.05, 0.1) is 18.1 Å². The number of hydrogen-bond acceptors (Lipinski definition) is 5. The van der Waals surface area contributed by atoms with Crippen LogP contribution in [0.5, 0.6) is 11.5 Å². The standard InChI is InChI=1S/C20H20N6O2/c1-12-4-5-14(28-15-6-7-19-23-18(21)11-26(19)10-15)9-16(12)22-20(27)17-8-13(2)24-25(17)3/h4-11H,21H2,1-3H3,(H,22,27). The summed E-state index contributed by atoms with van der Waals surface area (Å²) in [7, 11) is 1.74. The number of fused-ring (bicyclic) bond motifs is 1. The molecule has 4 aromatic rings. The Hall–Kier alpha value is -3.81. The molecular weight excluding hydrogens is 356 g/mol. The molecule has 0 aliphatic rings. The van der Waals surface area contributed by atoms with Gasteiger partial charge in [-0.2, -0.15) is 5.10 Å². The van der Waals surface area contributed by atoms with Crippen LogP contribution in [0, 0.1) is 13.8 Å². The van der Waals surface area contributed by atoms with Crippen LogP contribution in [0.15, 0.2) is 48.8 Å². The highest BCUT2D eigenvalue weighted by molar-refractivity contribution is 6.03. The first-order chi connectivity index (χ1) is 13.4. The highest BCUT2D eigenvalue weighted by Gasteiger charge is 2.14. The Labute approximate surface area is 161 Å². The minimum absolute atomic E-state index is 0.223. The van der Waals surface area contributed by atoms with E-state index < -0.39 is 0 Å². The second-order valence-electron chi connectivity index (χ2n) is 6.62. The van der Waals surface area contributed by atoms with Crippen molar-refractivity contribution in [2.45, 2.75) is 13.8 Å². The number of aryl methyl sites for hydroxylation is 3. The number of nitrogen functional groups attached to an aromatic ring is 1. The minimum atomic E-state index is -0.223. The third kappa shape index (κ3) is 3.39. The quantitative estimate of drug-likeness (QED) is 0.569. The van der Waals surface area contributed by atoms with Gasteiger partial charge >= 0.3 is 0 Å². The van der Waals surface area contributed by atoms with E-state index in [4.69, 9.17) is 10.5 Å². The lowest BCUT2D eigenvalue weighted by atomic mass is 10.2. The van der Waals surface area contributed by atoms with Gasteiger partial charge in [0.15, 0.2) is 0 Å². The second-order valence-corrected chi connectivity index (χ2v) is 6.62. The zero-order chi connectivity index (χ0) is 19.8. The number of ether oxygens (including phenoxy) is 1. The van der Waals surface area contributed by atoms with Crippen LogP contribution in [-0.4, -0.2) is 25.1 Å². The van der Waals surface area contributed by atoms with Gasteiger partial charge in [0, 0.05) is 18.8 Å². The fourth-order valence-corrected chi connectivity index (χ4v) is 3.00. The maximum Gasteiger partial charge on any atom is 0.273 e. The highest BCUT2D eigenvalue weighted by Crippen LogP contribution is 2.27. The van der Waals surface area contributed by atoms with Crippen LogP contribution in [0.25, 0.3) is 5.65 Å². The number of hydrogen-bond donors (Lipinski definition) is 2. The zero-order valence-corrected chi connectivity index (χ0v) is 15.8. The molecule has 3 heterocycles. The molecule has 4 rings (SSSR count). The normalized spacial score (nSPS) is 11.0. The van der Waals surface area contributed by atoms with Crippen LogP contribution >= 0.6 is 0 Å². The maximum atomic E-state index is 12.6. The van der Waals surface area contributed by atoms with Crippen LogP contribution in [0.1, 0.15) is 21.7 Å². The summed E-state index contributed by atoms with van der Waals surface area (Å²) in [4.78, 5) is 16.8. The van der Waals surface area contributed by atoms with Crippen molar-refractivity contribution in [2.75, 3.05) is 11.1 Å². The number of nitrogens with two attached hydrogens (primary N) is 1. The van der Waals surface area contributed by atoms with E-state index in [-0.39, 0.29) is 5.91 Å². The Morgan fingerprint density at radius 2 is 1.89 bits per heavy atom. The van der Waals surface area contributed by atoms with Gasteiger partial charge in [-0.05, 0) is 43.7 Å². The summed E-state index contributed by atoms with van der Waals surface area (Å²) in [6.07, 6.45) is 3.52. The molecule has 0 aliphatic heterocycles. The molecule has 0 atom stereocenters. The van der Waals surface area contributed by atoms with Crippen molar-refractivity contribution < 1.29 is 9.53 Å². The van der Waals surface area contributed by atoms with E-state index in [1.807, 2.05) is 38.1 Å². The van der Waals surface area contributed by atoms with E-state index in [2.05, 4.69) is 15.4 Å². The Kier molecular flexibility index (Phi) is 4.23. The van der Waals surface area contributed by atoms with Gasteiger partial charge < -0.3 is 20.2 Å². The molecule has 0 spiro atoms. The predicted octanol–water partition coefficient (Wildman–Crippen LogP) is 3.31. The first-order valence-electron chi connectivity index (χ1n) is 8.74. The van der Waals surface area contributed by atoms with Gasteiger partial charge in [-0.15, -0.1) is 0 Å². The summed E-state index contributed by atoms with van der Waals surface area (Å²) in [6.45, 7) is 3.77. The third-order valence-electron chi connectivity index (χ3n) is 4.37. The number of nitrogens with zero attached hydrogens (tertiary/aromatic N) is 4. The molecule has 8 heteroatoms. The van der Waals surface area contributed by atoms with E-state index in [9.17, 15) is 4.79 Å². The number of imidazole rings is 1. The number of anilines is 2. The molecule has 0 aliphatic carbocycles. The van der Waals surface area contributed by atoms with Crippen LogP contribution in [0.3, 0.4) is 0 Å². The minimum Gasteiger partial charge on any atom is -0.456 e. The second kappa shape index (κ2) is 6.73. The summed E-state index contributed by atoms with van der Waals surface area (Å²) < 4.78 is 9.31. The van der Waals surface area contributed by atoms with Gasteiger partial charge in [-0.3, -0.25) is 9.48 Å². The van der Waals surface area contributed by atoms with Crippen LogP contribution in [0.2, 0.25) is 0 Å². The van der Waals surface area contributed by atoms with Crippen LogP contribution < -0.4 is 15.8 Å². The van der Waals surface area contributed by atoms with E-state index in [1.54, 1.807) is 40.7 Å². The number of pyridine rings is 1. The molecule has 0 unspecified atom stereocenters. The van der Waals surface area contributed by atoms with Crippen molar-refractivity contribution >= 4 is 23.1 Å². The average molecular weight is 376 g/mol. The van der Waals surface area contributed by atoms with Crippen molar-refractivity contribution in [3.63, 3.8) is 0 Å². The Morgan fingerprint density at radius 3 is 2.64 bits per heavy atom. The Bertz CT molecular complexity index is 1190. The molecule has 1 amide bonds.